The van der Waals surface area contributed by atoms with E-state index in [1.165, 1.54) is 76.3 Å². The molecule has 0 N–H and O–H groups in total. The molecule has 0 amide bonds. The number of hydrazone groups is 1. The summed E-state index contributed by atoms with van der Waals surface area (Å²) in [6.45, 7) is 7.16. The van der Waals surface area contributed by atoms with Gasteiger partial charge in [0, 0.05) is 0 Å². The van der Waals surface area contributed by atoms with E-state index in [0.717, 1.165) is 5.92 Å². The third-order valence-corrected chi connectivity index (χ3v) is 22.2. The second-order valence-corrected chi connectivity index (χ2v) is 23.0. The fourth-order valence-electron chi connectivity index (χ4n) is 4.65. The molecule has 0 aromatic heterocycles. The van der Waals surface area contributed by atoms with Crippen molar-refractivity contribution in [2.24, 2.45) is 11.0 Å². The van der Waals surface area contributed by atoms with Crippen molar-refractivity contribution in [3.63, 3.8) is 0 Å². The second kappa shape index (κ2) is 13.4. The minimum atomic E-state index is -1.95. The topological polar surface area (TPSA) is 15.6 Å². The van der Waals surface area contributed by atoms with Gasteiger partial charge in [0.25, 0.3) is 0 Å². The molecule has 0 heterocycles. The molecule has 1 fully saturated rings. The van der Waals surface area contributed by atoms with Crippen molar-refractivity contribution in [1.29, 1.82) is 0 Å². The zero-order chi connectivity index (χ0) is 18.5. The summed E-state index contributed by atoms with van der Waals surface area (Å²) in [6.07, 6.45) is 15.6. The fraction of sp³-hybridized carbons (Fsp3) is 0.955. The molecular weight excluding hydrogens is 411 g/mol. The maximum atomic E-state index is 4.88. The minimum absolute atomic E-state index is 0.803. The molecule has 0 aromatic carbocycles. The van der Waals surface area contributed by atoms with Crippen LogP contribution >= 0.6 is 0 Å². The molecule has 0 radical (unpaired) electrons. The van der Waals surface area contributed by atoms with E-state index in [9.17, 15) is 0 Å². The number of unbranched alkanes of at least 4 members (excludes halogenated alkanes) is 3. The van der Waals surface area contributed by atoms with Crippen LogP contribution in [0.5, 0.6) is 0 Å². The first-order valence-electron chi connectivity index (χ1n) is 11.3. The van der Waals surface area contributed by atoms with Crippen molar-refractivity contribution < 1.29 is 0 Å². The Morgan fingerprint density at radius 2 is 1.44 bits per heavy atom. The van der Waals surface area contributed by atoms with Gasteiger partial charge in [-0.15, -0.1) is 0 Å². The first-order valence-corrected chi connectivity index (χ1v) is 19.4. The van der Waals surface area contributed by atoms with E-state index in [4.69, 9.17) is 5.10 Å². The number of nitrogens with zero attached hydrogens (tertiary/aromatic N) is 2. The molecule has 1 aliphatic carbocycles. The summed E-state index contributed by atoms with van der Waals surface area (Å²) in [7, 11) is 4.18. The Labute approximate surface area is 163 Å². The summed E-state index contributed by atoms with van der Waals surface area (Å²) >= 11 is -1.95. The second-order valence-electron chi connectivity index (χ2n) is 8.73. The molecule has 1 rings (SSSR count). The molecule has 25 heavy (non-hydrogen) atoms. The summed E-state index contributed by atoms with van der Waals surface area (Å²) in [5.41, 5.74) is 1.53. The molecule has 1 aliphatic rings. The van der Waals surface area contributed by atoms with E-state index >= 15 is 0 Å². The number of hydrogen-bond donors (Lipinski definition) is 0. The molecule has 1 saturated carbocycles. The summed E-state index contributed by atoms with van der Waals surface area (Å²) in [4.78, 5) is 0. The zero-order valence-corrected chi connectivity index (χ0v) is 20.9. The molecule has 3 heteroatoms. The van der Waals surface area contributed by atoms with Crippen LogP contribution in [0, 0.1) is 5.92 Å². The monoisotopic (exact) mass is 458 g/mol. The predicted molar refractivity (Wildman–Crippen MR) is 117 cm³/mol. The molecule has 0 aromatic rings. The average Bonchev–Trinajstić information content (AvgIpc) is 2.61. The zero-order valence-electron chi connectivity index (χ0n) is 18.1. The SMILES string of the molecule is CCC[CH2][Sn]([CH2]CCC)([CH2]CCC)[CH2]CC1CCCC/C1=N\N(C)C. The Kier molecular flexibility index (Phi) is 12.5. The van der Waals surface area contributed by atoms with E-state index in [1.54, 1.807) is 17.7 Å². The molecule has 1 atom stereocenters. The summed E-state index contributed by atoms with van der Waals surface area (Å²) in [6, 6.07) is 0. The van der Waals surface area contributed by atoms with E-state index in [0.29, 0.717) is 0 Å². The van der Waals surface area contributed by atoms with E-state index in [1.807, 2.05) is 5.01 Å². The van der Waals surface area contributed by atoms with Crippen LogP contribution < -0.4 is 0 Å². The van der Waals surface area contributed by atoms with Crippen LogP contribution in [0.1, 0.15) is 91.4 Å². The van der Waals surface area contributed by atoms with Gasteiger partial charge in [-0.05, 0) is 0 Å². The Morgan fingerprint density at radius 1 is 0.880 bits per heavy atom. The van der Waals surface area contributed by atoms with Crippen LogP contribution in [0.3, 0.4) is 0 Å². The van der Waals surface area contributed by atoms with Crippen molar-refractivity contribution >= 4 is 24.1 Å². The van der Waals surface area contributed by atoms with Crippen molar-refractivity contribution in [3.05, 3.63) is 0 Å². The molecule has 0 bridgehead atoms. The molecule has 148 valence electrons. The number of hydrogen-bond acceptors (Lipinski definition) is 2. The van der Waals surface area contributed by atoms with Gasteiger partial charge in [-0.3, -0.25) is 0 Å². The molecule has 0 aliphatic heterocycles. The molecule has 1 unspecified atom stereocenters. The summed E-state index contributed by atoms with van der Waals surface area (Å²) < 4.78 is 6.64. The molecule has 0 saturated heterocycles. The third kappa shape index (κ3) is 9.15. The van der Waals surface area contributed by atoms with Crippen molar-refractivity contribution in [2.45, 2.75) is 109 Å². The van der Waals surface area contributed by atoms with Crippen LogP contribution in [0.4, 0.5) is 0 Å². The number of rotatable bonds is 13. The first-order chi connectivity index (χ1) is 12.1. The van der Waals surface area contributed by atoms with E-state index in [-0.39, 0.29) is 0 Å². The fourth-order valence-corrected chi connectivity index (χ4v) is 21.1. The maximum absolute atomic E-state index is 4.88. The Morgan fingerprint density at radius 3 is 1.92 bits per heavy atom. The molecule has 0 spiro atoms. The van der Waals surface area contributed by atoms with Crippen LogP contribution in [-0.2, 0) is 0 Å². The van der Waals surface area contributed by atoms with Crippen molar-refractivity contribution in [2.75, 3.05) is 14.1 Å². The van der Waals surface area contributed by atoms with Crippen LogP contribution in [-0.4, -0.2) is 43.2 Å². The van der Waals surface area contributed by atoms with Gasteiger partial charge in [0.15, 0.2) is 0 Å². The Balaban J connectivity index is 2.78. The summed E-state index contributed by atoms with van der Waals surface area (Å²) in [5, 5.41) is 6.92. The third-order valence-electron chi connectivity index (χ3n) is 6.24. The van der Waals surface area contributed by atoms with Gasteiger partial charge in [-0.1, -0.05) is 0 Å². The molecular formula is C22H46N2Sn. The van der Waals surface area contributed by atoms with Gasteiger partial charge in [-0.25, -0.2) is 0 Å². The van der Waals surface area contributed by atoms with Crippen molar-refractivity contribution in [3.8, 4) is 0 Å². The first kappa shape index (κ1) is 23.3. The van der Waals surface area contributed by atoms with Gasteiger partial charge in [0.1, 0.15) is 0 Å². The van der Waals surface area contributed by atoms with Crippen LogP contribution in [0.2, 0.25) is 17.7 Å². The van der Waals surface area contributed by atoms with Gasteiger partial charge >= 0.3 is 163 Å². The quantitative estimate of drug-likeness (QED) is 0.209. The van der Waals surface area contributed by atoms with Gasteiger partial charge in [0.05, 0.1) is 0 Å². The van der Waals surface area contributed by atoms with Gasteiger partial charge in [-0.2, -0.15) is 0 Å². The van der Waals surface area contributed by atoms with Crippen molar-refractivity contribution in [1.82, 2.24) is 5.01 Å². The standard InChI is InChI=1S/C10H19N2.3C4H9.Sn/c1-4-9-7-5-6-8-10(9)11-12(2)3;3*1-3-4-2;/h9H,1,4-8H2,2-3H3;3*1,3-4H2,2H3;/b11-10+;;;;. The normalized spacial score (nSPS) is 20.2. The molecule has 2 nitrogen and oxygen atoms in total. The van der Waals surface area contributed by atoms with Gasteiger partial charge in [0.2, 0.25) is 0 Å². The van der Waals surface area contributed by atoms with E-state index in [2.05, 4.69) is 34.9 Å². The Hall–Kier alpha value is 0.269. The Bertz CT molecular complexity index is 343. The average molecular weight is 457 g/mol. The van der Waals surface area contributed by atoms with Crippen LogP contribution in [0.15, 0.2) is 5.10 Å². The predicted octanol–water partition coefficient (Wildman–Crippen LogP) is 7.33. The van der Waals surface area contributed by atoms with E-state index < -0.39 is 18.4 Å². The summed E-state index contributed by atoms with van der Waals surface area (Å²) in [5.74, 6) is 0.803. The van der Waals surface area contributed by atoms with Crippen LogP contribution in [0.25, 0.3) is 0 Å². The van der Waals surface area contributed by atoms with Gasteiger partial charge < -0.3 is 0 Å².